The molecule has 0 radical (unpaired) electrons. The molecule has 7 heteroatoms. The Labute approximate surface area is 142 Å². The predicted molar refractivity (Wildman–Crippen MR) is 92.6 cm³/mol. The minimum Gasteiger partial charge on any atom is -0.497 e. The summed E-state index contributed by atoms with van der Waals surface area (Å²) < 4.78 is 19.8. The molecule has 0 saturated heterocycles. The molecule has 3 heterocycles. The molecule has 0 spiro atoms. The van der Waals surface area contributed by atoms with E-state index in [0.717, 1.165) is 16.9 Å². The second-order valence-electron chi connectivity index (χ2n) is 5.45. The van der Waals surface area contributed by atoms with E-state index in [1.807, 2.05) is 24.3 Å². The highest BCUT2D eigenvalue weighted by molar-refractivity contribution is 5.81. The summed E-state index contributed by atoms with van der Waals surface area (Å²) in [5, 5.41) is 4.34. The molecule has 4 aromatic rings. The molecule has 6 nitrogen and oxygen atoms in total. The number of rotatable bonds is 3. The maximum atomic E-state index is 13.0. The van der Waals surface area contributed by atoms with Crippen LogP contribution in [0.2, 0.25) is 0 Å². The SMILES string of the molecule is COc1ccc(-c2cnn3c(N)c(-c4ccc(F)nc4)cnc23)cc1. The van der Waals surface area contributed by atoms with Crippen LogP contribution in [0.5, 0.6) is 5.75 Å². The highest BCUT2D eigenvalue weighted by atomic mass is 19.1. The minimum absolute atomic E-state index is 0.415. The van der Waals surface area contributed by atoms with Crippen LogP contribution < -0.4 is 10.5 Å². The molecular formula is C18H14FN5O. The van der Waals surface area contributed by atoms with Crippen LogP contribution in [-0.2, 0) is 0 Å². The number of nitrogens with zero attached hydrogens (tertiary/aromatic N) is 4. The first-order valence-corrected chi connectivity index (χ1v) is 7.56. The summed E-state index contributed by atoms with van der Waals surface area (Å²) in [6.07, 6.45) is 4.78. The summed E-state index contributed by atoms with van der Waals surface area (Å²) in [6, 6.07) is 10.5. The first-order valence-electron chi connectivity index (χ1n) is 7.56. The molecule has 0 aliphatic carbocycles. The summed E-state index contributed by atoms with van der Waals surface area (Å²) in [7, 11) is 1.62. The number of pyridine rings is 1. The zero-order valence-electron chi connectivity index (χ0n) is 13.3. The Bertz CT molecular complexity index is 1040. The molecule has 0 unspecified atom stereocenters. The number of fused-ring (bicyclic) bond motifs is 1. The number of nitrogen functional groups attached to an aromatic ring is 1. The van der Waals surface area contributed by atoms with E-state index < -0.39 is 5.95 Å². The molecule has 0 saturated carbocycles. The third-order valence-corrected chi connectivity index (χ3v) is 4.00. The van der Waals surface area contributed by atoms with Gasteiger partial charge in [-0.3, -0.25) is 0 Å². The number of benzene rings is 1. The third-order valence-electron chi connectivity index (χ3n) is 4.00. The molecule has 2 N–H and O–H groups in total. The number of hydrogen-bond donors (Lipinski definition) is 1. The van der Waals surface area contributed by atoms with Gasteiger partial charge >= 0.3 is 0 Å². The lowest BCUT2D eigenvalue weighted by Gasteiger charge is -2.07. The lowest BCUT2D eigenvalue weighted by atomic mass is 10.1. The van der Waals surface area contributed by atoms with Crippen molar-refractivity contribution in [1.82, 2.24) is 19.6 Å². The minimum atomic E-state index is -0.544. The standard InChI is InChI=1S/C18H14FN5O/c1-25-13-5-2-11(3-6-13)15-10-23-24-17(20)14(9-22-18(15)24)12-4-7-16(19)21-8-12/h2-10H,20H2,1H3. The van der Waals surface area contributed by atoms with E-state index in [-0.39, 0.29) is 0 Å². The van der Waals surface area contributed by atoms with E-state index in [1.165, 1.54) is 12.3 Å². The Kier molecular flexibility index (Phi) is 3.53. The molecule has 0 fully saturated rings. The zero-order chi connectivity index (χ0) is 17.4. The number of anilines is 1. The number of nitrogens with two attached hydrogens (primary N) is 1. The van der Waals surface area contributed by atoms with Crippen molar-refractivity contribution in [3.05, 3.63) is 60.9 Å². The third kappa shape index (κ3) is 2.55. The maximum absolute atomic E-state index is 13.0. The second-order valence-corrected chi connectivity index (χ2v) is 5.45. The molecule has 0 aliphatic rings. The van der Waals surface area contributed by atoms with Gasteiger partial charge in [-0.1, -0.05) is 12.1 Å². The van der Waals surface area contributed by atoms with Gasteiger partial charge in [0, 0.05) is 29.1 Å². The number of halogens is 1. The topological polar surface area (TPSA) is 78.3 Å². The number of ether oxygens (including phenoxy) is 1. The summed E-state index contributed by atoms with van der Waals surface area (Å²) in [5.74, 6) is 0.647. The Morgan fingerprint density at radius 3 is 2.36 bits per heavy atom. The van der Waals surface area contributed by atoms with Gasteiger partial charge in [-0.25, -0.2) is 9.97 Å². The summed E-state index contributed by atoms with van der Waals surface area (Å²) in [5.41, 5.74) is 10.0. The Morgan fingerprint density at radius 2 is 1.68 bits per heavy atom. The van der Waals surface area contributed by atoms with Crippen molar-refractivity contribution < 1.29 is 9.13 Å². The fourth-order valence-corrected chi connectivity index (χ4v) is 2.68. The average molecular weight is 335 g/mol. The lowest BCUT2D eigenvalue weighted by Crippen LogP contribution is -2.03. The first-order chi connectivity index (χ1) is 12.2. The van der Waals surface area contributed by atoms with Crippen LogP contribution in [-0.4, -0.2) is 26.7 Å². The molecule has 1 aromatic carbocycles. The van der Waals surface area contributed by atoms with Crippen molar-refractivity contribution in [2.24, 2.45) is 0 Å². The normalized spacial score (nSPS) is 11.0. The van der Waals surface area contributed by atoms with Crippen LogP contribution in [0.15, 0.2) is 55.0 Å². The van der Waals surface area contributed by atoms with E-state index in [9.17, 15) is 4.39 Å². The largest absolute Gasteiger partial charge is 0.497 e. The first kappa shape index (κ1) is 15.1. The smallest absolute Gasteiger partial charge is 0.212 e. The van der Waals surface area contributed by atoms with Gasteiger partial charge < -0.3 is 10.5 Å². The van der Waals surface area contributed by atoms with Crippen molar-refractivity contribution >= 4 is 11.5 Å². The molecule has 0 bridgehead atoms. The number of aromatic nitrogens is 4. The molecule has 0 aliphatic heterocycles. The molecular weight excluding hydrogens is 321 g/mol. The Hall–Kier alpha value is -3.48. The van der Waals surface area contributed by atoms with Crippen LogP contribution in [0, 0.1) is 5.95 Å². The highest BCUT2D eigenvalue weighted by Crippen LogP contribution is 2.30. The van der Waals surface area contributed by atoms with Crippen molar-refractivity contribution in [3.63, 3.8) is 0 Å². The van der Waals surface area contributed by atoms with Gasteiger partial charge in [0.05, 0.1) is 13.3 Å². The quantitative estimate of drug-likeness (QED) is 0.582. The van der Waals surface area contributed by atoms with E-state index in [1.54, 1.807) is 30.1 Å². The van der Waals surface area contributed by atoms with Gasteiger partial charge in [-0.05, 0) is 29.8 Å². The average Bonchev–Trinajstić information content (AvgIpc) is 3.08. The van der Waals surface area contributed by atoms with Crippen LogP contribution >= 0.6 is 0 Å². The fourth-order valence-electron chi connectivity index (χ4n) is 2.68. The van der Waals surface area contributed by atoms with Gasteiger partial charge in [-0.15, -0.1) is 0 Å². The van der Waals surface area contributed by atoms with Gasteiger partial charge in [0.25, 0.3) is 0 Å². The molecule has 25 heavy (non-hydrogen) atoms. The second kappa shape index (κ2) is 5.86. The number of methoxy groups -OCH3 is 1. The van der Waals surface area contributed by atoms with Crippen molar-refractivity contribution in [2.75, 3.05) is 12.8 Å². The molecule has 3 aromatic heterocycles. The highest BCUT2D eigenvalue weighted by Gasteiger charge is 2.14. The van der Waals surface area contributed by atoms with Crippen LogP contribution in [0.4, 0.5) is 10.2 Å². The Morgan fingerprint density at radius 1 is 0.920 bits per heavy atom. The van der Waals surface area contributed by atoms with Gasteiger partial charge in [-0.2, -0.15) is 14.0 Å². The van der Waals surface area contributed by atoms with Crippen molar-refractivity contribution in [3.8, 4) is 28.0 Å². The van der Waals surface area contributed by atoms with Crippen LogP contribution in [0.25, 0.3) is 27.9 Å². The summed E-state index contributed by atoms with van der Waals surface area (Å²) in [4.78, 5) is 8.14. The van der Waals surface area contributed by atoms with Crippen LogP contribution in [0.3, 0.4) is 0 Å². The van der Waals surface area contributed by atoms with Crippen LogP contribution in [0.1, 0.15) is 0 Å². The maximum Gasteiger partial charge on any atom is 0.212 e. The van der Waals surface area contributed by atoms with Gasteiger partial charge in [0.2, 0.25) is 5.95 Å². The predicted octanol–water partition coefficient (Wildman–Crippen LogP) is 3.19. The van der Waals surface area contributed by atoms with Crippen molar-refractivity contribution in [1.29, 1.82) is 0 Å². The van der Waals surface area contributed by atoms with Gasteiger partial charge in [0.1, 0.15) is 11.6 Å². The molecule has 0 atom stereocenters. The van der Waals surface area contributed by atoms with E-state index in [0.29, 0.717) is 22.6 Å². The lowest BCUT2D eigenvalue weighted by molar-refractivity contribution is 0.415. The van der Waals surface area contributed by atoms with Gasteiger partial charge in [0.15, 0.2) is 5.65 Å². The molecule has 4 rings (SSSR count). The van der Waals surface area contributed by atoms with E-state index in [4.69, 9.17) is 10.5 Å². The summed E-state index contributed by atoms with van der Waals surface area (Å²) in [6.45, 7) is 0. The van der Waals surface area contributed by atoms with E-state index >= 15 is 0 Å². The summed E-state index contributed by atoms with van der Waals surface area (Å²) >= 11 is 0. The Balaban J connectivity index is 1.82. The fraction of sp³-hybridized carbons (Fsp3) is 0.0556. The van der Waals surface area contributed by atoms with Crippen molar-refractivity contribution in [2.45, 2.75) is 0 Å². The zero-order valence-corrected chi connectivity index (χ0v) is 13.3. The van der Waals surface area contributed by atoms with E-state index in [2.05, 4.69) is 15.1 Å². The monoisotopic (exact) mass is 335 g/mol. The number of hydrogen-bond acceptors (Lipinski definition) is 5. The molecule has 124 valence electrons. The molecule has 0 amide bonds.